The lowest BCUT2D eigenvalue weighted by molar-refractivity contribution is -0.135. The summed E-state index contributed by atoms with van der Waals surface area (Å²) in [6.07, 6.45) is 2.63. The Morgan fingerprint density at radius 3 is 2.17 bits per heavy atom. The van der Waals surface area contributed by atoms with Crippen LogP contribution in [0.3, 0.4) is 0 Å². The van der Waals surface area contributed by atoms with Crippen molar-refractivity contribution >= 4 is 45.1 Å². The highest BCUT2D eigenvalue weighted by Crippen LogP contribution is 2.43. The van der Waals surface area contributed by atoms with Crippen molar-refractivity contribution in [2.45, 2.75) is 37.0 Å². The predicted molar refractivity (Wildman–Crippen MR) is 150 cm³/mol. The van der Waals surface area contributed by atoms with E-state index in [9.17, 15) is 27.2 Å². The number of amides is 2. The molecule has 2 amide bonds. The Bertz CT molecular complexity index is 1720. The highest BCUT2D eigenvalue weighted by atomic mass is 35.5. The van der Waals surface area contributed by atoms with E-state index in [0.29, 0.717) is 50.4 Å². The number of hydrogen-bond donors (Lipinski definition) is 0. The summed E-state index contributed by atoms with van der Waals surface area (Å²) in [6.45, 7) is 0.929. The van der Waals surface area contributed by atoms with Crippen LogP contribution in [0.2, 0.25) is 5.02 Å². The number of rotatable bonds is 8. The molecule has 1 aliphatic heterocycles. The molecule has 3 fully saturated rings. The molecule has 42 heavy (non-hydrogen) atoms. The molecule has 1 heterocycles. The Morgan fingerprint density at radius 1 is 0.905 bits per heavy atom. The molecule has 1 saturated heterocycles. The van der Waals surface area contributed by atoms with Gasteiger partial charge in [0.2, 0.25) is 5.91 Å². The van der Waals surface area contributed by atoms with Gasteiger partial charge in [-0.15, -0.1) is 0 Å². The number of carbonyl (C=O) groups is 3. The molecule has 3 aromatic rings. The first-order chi connectivity index (χ1) is 20.1. The van der Waals surface area contributed by atoms with Crippen molar-refractivity contribution in [3.63, 3.8) is 0 Å². The molecule has 2 aliphatic carbocycles. The predicted octanol–water partition coefficient (Wildman–Crippen LogP) is 5.58. The minimum atomic E-state index is -5.08. The van der Waals surface area contributed by atoms with Crippen molar-refractivity contribution in [1.29, 1.82) is 0 Å². The molecule has 3 aromatic carbocycles. The van der Waals surface area contributed by atoms with Crippen LogP contribution in [-0.4, -0.2) is 44.2 Å². The standard InChI is InChI=1S/C30H25ClF2N2O6S/c31-22-13-20(28(36)34-11-4-12-34)14-26(27(22)41-30(38)19-9-10-19)42(39,40)35(29(37)18-7-8-18)25-15-21(23(32)16-24(25)33)17-5-2-1-3-6-17/h1-3,5-6,13-16,18-19H,4,7-12H2. The van der Waals surface area contributed by atoms with Gasteiger partial charge in [-0.25, -0.2) is 17.2 Å². The number of hydrogen-bond acceptors (Lipinski definition) is 6. The molecule has 2 saturated carbocycles. The van der Waals surface area contributed by atoms with Crippen LogP contribution >= 0.6 is 11.6 Å². The monoisotopic (exact) mass is 614 g/mol. The van der Waals surface area contributed by atoms with Gasteiger partial charge in [0, 0.05) is 36.2 Å². The Balaban J connectivity index is 1.53. The minimum Gasteiger partial charge on any atom is -0.423 e. The molecule has 0 aromatic heterocycles. The van der Waals surface area contributed by atoms with Crippen molar-refractivity contribution in [1.82, 2.24) is 4.90 Å². The molecule has 8 nitrogen and oxygen atoms in total. The zero-order chi connectivity index (χ0) is 29.8. The van der Waals surface area contributed by atoms with Gasteiger partial charge in [-0.3, -0.25) is 14.4 Å². The molecular weight excluding hydrogens is 590 g/mol. The molecule has 6 rings (SSSR count). The number of ether oxygens (including phenoxy) is 1. The summed E-state index contributed by atoms with van der Waals surface area (Å²) in [6, 6.07) is 11.7. The molecule has 0 bridgehead atoms. The van der Waals surface area contributed by atoms with Crippen molar-refractivity contribution in [3.8, 4) is 16.9 Å². The molecule has 12 heteroatoms. The average molecular weight is 615 g/mol. The van der Waals surface area contributed by atoms with Gasteiger partial charge in [-0.1, -0.05) is 41.9 Å². The van der Waals surface area contributed by atoms with Crippen LogP contribution in [0.15, 0.2) is 59.5 Å². The summed E-state index contributed by atoms with van der Waals surface area (Å²) >= 11 is 6.44. The summed E-state index contributed by atoms with van der Waals surface area (Å²) in [5, 5.41) is -0.336. The molecule has 0 N–H and O–H groups in total. The fraction of sp³-hybridized carbons (Fsp3) is 0.300. The van der Waals surface area contributed by atoms with Crippen LogP contribution in [0.5, 0.6) is 5.75 Å². The van der Waals surface area contributed by atoms with E-state index in [1.807, 2.05) is 0 Å². The van der Waals surface area contributed by atoms with E-state index in [-0.39, 0.29) is 20.5 Å². The van der Waals surface area contributed by atoms with Crippen molar-refractivity contribution < 1.29 is 36.3 Å². The number of halogens is 3. The van der Waals surface area contributed by atoms with E-state index < -0.39 is 67.6 Å². The zero-order valence-electron chi connectivity index (χ0n) is 22.2. The van der Waals surface area contributed by atoms with Crippen molar-refractivity contribution in [2.24, 2.45) is 11.8 Å². The fourth-order valence-electron chi connectivity index (χ4n) is 4.68. The second kappa shape index (κ2) is 10.8. The van der Waals surface area contributed by atoms with Crippen LogP contribution in [0, 0.1) is 23.5 Å². The third kappa shape index (κ3) is 5.27. The van der Waals surface area contributed by atoms with Gasteiger partial charge in [0.15, 0.2) is 11.6 Å². The molecule has 3 aliphatic rings. The van der Waals surface area contributed by atoms with E-state index in [4.69, 9.17) is 16.3 Å². The van der Waals surface area contributed by atoms with E-state index in [2.05, 4.69) is 0 Å². The number of benzene rings is 3. The van der Waals surface area contributed by atoms with Gasteiger partial charge in [0.1, 0.15) is 10.7 Å². The maximum absolute atomic E-state index is 15.5. The van der Waals surface area contributed by atoms with Gasteiger partial charge in [-0.2, -0.15) is 4.31 Å². The Morgan fingerprint density at radius 2 is 1.57 bits per heavy atom. The van der Waals surface area contributed by atoms with Gasteiger partial charge in [0.05, 0.1) is 16.6 Å². The molecular formula is C30H25ClF2N2O6S. The zero-order valence-corrected chi connectivity index (χ0v) is 23.8. The van der Waals surface area contributed by atoms with E-state index >= 15 is 4.39 Å². The summed E-state index contributed by atoms with van der Waals surface area (Å²) in [5.74, 6) is -6.12. The summed E-state index contributed by atoms with van der Waals surface area (Å²) in [7, 11) is -5.08. The Kier molecular flexibility index (Phi) is 7.26. The van der Waals surface area contributed by atoms with Gasteiger partial charge >= 0.3 is 5.97 Å². The first-order valence-electron chi connectivity index (χ1n) is 13.5. The lowest BCUT2D eigenvalue weighted by Crippen LogP contribution is -2.42. The van der Waals surface area contributed by atoms with Crippen LogP contribution < -0.4 is 9.04 Å². The normalized spacial score (nSPS) is 16.5. The second-order valence-electron chi connectivity index (χ2n) is 10.7. The maximum atomic E-state index is 15.5. The van der Waals surface area contributed by atoms with Crippen LogP contribution in [0.4, 0.5) is 14.5 Å². The van der Waals surface area contributed by atoms with Crippen molar-refractivity contribution in [2.75, 3.05) is 17.4 Å². The lowest BCUT2D eigenvalue weighted by Gasteiger charge is -2.31. The minimum absolute atomic E-state index is 0.104. The maximum Gasteiger partial charge on any atom is 0.314 e. The number of anilines is 1. The van der Waals surface area contributed by atoms with Crippen molar-refractivity contribution in [3.05, 3.63) is 76.8 Å². The topological polar surface area (TPSA) is 101 Å². The first kappa shape index (κ1) is 28.3. The second-order valence-corrected chi connectivity index (χ2v) is 12.8. The lowest BCUT2D eigenvalue weighted by atomic mass is 10.0. The largest absolute Gasteiger partial charge is 0.423 e. The summed E-state index contributed by atoms with van der Waals surface area (Å²) in [5.41, 5.74) is -0.609. The fourth-order valence-corrected chi connectivity index (χ4v) is 6.64. The number of esters is 1. The van der Waals surface area contributed by atoms with E-state index in [1.54, 1.807) is 30.3 Å². The van der Waals surface area contributed by atoms with Gasteiger partial charge < -0.3 is 9.64 Å². The third-order valence-electron chi connectivity index (χ3n) is 7.50. The van der Waals surface area contributed by atoms with Gasteiger partial charge in [0.25, 0.3) is 15.9 Å². The molecule has 0 atom stereocenters. The van der Waals surface area contributed by atoms with E-state index in [1.165, 1.54) is 11.0 Å². The van der Waals surface area contributed by atoms with E-state index in [0.717, 1.165) is 18.6 Å². The SMILES string of the molecule is O=C(Oc1c(Cl)cc(C(=O)N2CCC2)cc1S(=O)(=O)N(C(=O)C1CC1)c1cc(-c2ccccc2)c(F)cc1F)C1CC1. The Labute approximate surface area is 245 Å². The number of carbonyl (C=O) groups excluding carboxylic acids is 3. The highest BCUT2D eigenvalue weighted by molar-refractivity contribution is 7.93. The van der Waals surface area contributed by atoms with Gasteiger partial charge in [-0.05, 0) is 55.9 Å². The van der Waals surface area contributed by atoms with Crippen LogP contribution in [-0.2, 0) is 19.6 Å². The molecule has 0 radical (unpaired) electrons. The Hall–Kier alpha value is -3.83. The molecule has 0 unspecified atom stereocenters. The van der Waals surface area contributed by atoms with Crippen LogP contribution in [0.1, 0.15) is 42.5 Å². The number of sulfonamides is 1. The average Bonchev–Trinajstić information content (AvgIpc) is 3.83. The third-order valence-corrected chi connectivity index (χ3v) is 9.50. The molecule has 0 spiro atoms. The quantitative estimate of drug-likeness (QED) is 0.243. The summed E-state index contributed by atoms with van der Waals surface area (Å²) < 4.78 is 65.0. The smallest absolute Gasteiger partial charge is 0.314 e. The number of likely N-dealkylation sites (tertiary alicyclic amines) is 1. The van der Waals surface area contributed by atoms with Crippen LogP contribution in [0.25, 0.3) is 11.1 Å². The number of nitrogens with zero attached hydrogens (tertiary/aromatic N) is 2. The summed E-state index contributed by atoms with van der Waals surface area (Å²) in [4.78, 5) is 40.1. The highest BCUT2D eigenvalue weighted by Gasteiger charge is 2.44. The first-order valence-corrected chi connectivity index (χ1v) is 15.4. The molecule has 218 valence electrons.